The van der Waals surface area contributed by atoms with Gasteiger partial charge in [-0.1, -0.05) is 6.07 Å². The van der Waals surface area contributed by atoms with Crippen LogP contribution in [0.4, 0.5) is 29.0 Å². The summed E-state index contributed by atoms with van der Waals surface area (Å²) in [5.41, 5.74) is 6.32. The van der Waals surface area contributed by atoms with Crippen LogP contribution in [-0.4, -0.2) is 35.1 Å². The number of nitrogens with two attached hydrogens (primary N) is 1. The van der Waals surface area contributed by atoms with Crippen LogP contribution in [-0.2, 0) is 0 Å². The molecule has 1 saturated heterocycles. The molecule has 1 aromatic carbocycles. The Hall–Kier alpha value is -3.10. The minimum Gasteiger partial charge on any atom is -0.497 e. The molecule has 0 unspecified atom stereocenters. The van der Waals surface area contributed by atoms with E-state index in [1.165, 1.54) is 0 Å². The normalized spacial score (nSPS) is 14.2. The van der Waals surface area contributed by atoms with Gasteiger partial charge < -0.3 is 20.7 Å². The Balaban J connectivity index is 1.97. The number of nitro groups is 1. The predicted octanol–water partition coefficient (Wildman–Crippen LogP) is 2.71. The van der Waals surface area contributed by atoms with Gasteiger partial charge in [0.15, 0.2) is 0 Å². The fraction of sp³-hybridized carbons (Fsp3) is 0.375. The van der Waals surface area contributed by atoms with Gasteiger partial charge in [-0.3, -0.25) is 10.1 Å². The molecular weight excluding hydrogens is 324 g/mol. The largest absolute Gasteiger partial charge is 0.497 e. The summed E-state index contributed by atoms with van der Waals surface area (Å²) in [5, 5.41) is 14.5. The standard InChI is InChI=1S/C16H20N6O3/c1-25-12-7-5-6-11(10-12)18-16-19-14(17)13(22(23)24)15(20-16)21-8-3-2-4-9-21/h5-7,10H,2-4,8-9H2,1H3,(H3,17,18,19,20). The lowest BCUT2D eigenvalue weighted by Gasteiger charge is -2.27. The zero-order chi connectivity index (χ0) is 17.8. The van der Waals surface area contributed by atoms with E-state index in [0.717, 1.165) is 32.4 Å². The Kier molecular flexibility index (Phi) is 4.82. The zero-order valence-electron chi connectivity index (χ0n) is 13.9. The second-order valence-electron chi connectivity index (χ2n) is 5.77. The first-order valence-electron chi connectivity index (χ1n) is 8.06. The number of nitrogen functional groups attached to an aromatic ring is 1. The van der Waals surface area contributed by atoms with Crippen LogP contribution >= 0.6 is 0 Å². The van der Waals surface area contributed by atoms with Crippen molar-refractivity contribution in [3.05, 3.63) is 34.4 Å². The summed E-state index contributed by atoms with van der Waals surface area (Å²) in [6.07, 6.45) is 3.05. The molecule has 0 bridgehead atoms. The van der Waals surface area contributed by atoms with Crippen molar-refractivity contribution in [1.82, 2.24) is 9.97 Å². The van der Waals surface area contributed by atoms with Crippen molar-refractivity contribution in [2.45, 2.75) is 19.3 Å². The maximum absolute atomic E-state index is 11.4. The number of hydrogen-bond acceptors (Lipinski definition) is 8. The molecule has 25 heavy (non-hydrogen) atoms. The van der Waals surface area contributed by atoms with Gasteiger partial charge in [0, 0.05) is 24.8 Å². The predicted molar refractivity (Wildman–Crippen MR) is 95.4 cm³/mol. The number of methoxy groups -OCH3 is 1. The summed E-state index contributed by atoms with van der Waals surface area (Å²) in [4.78, 5) is 21.2. The summed E-state index contributed by atoms with van der Waals surface area (Å²) in [6.45, 7) is 1.44. The van der Waals surface area contributed by atoms with Gasteiger partial charge in [-0.05, 0) is 31.4 Å². The Morgan fingerprint density at radius 1 is 1.28 bits per heavy atom. The molecular formula is C16H20N6O3. The molecule has 9 heteroatoms. The molecule has 0 saturated carbocycles. The SMILES string of the molecule is COc1cccc(Nc2nc(N)c([N+](=O)[O-])c(N3CCCCC3)n2)c1. The van der Waals surface area contributed by atoms with Gasteiger partial charge in [-0.2, -0.15) is 9.97 Å². The smallest absolute Gasteiger partial charge is 0.353 e. The van der Waals surface area contributed by atoms with E-state index in [4.69, 9.17) is 10.5 Å². The van der Waals surface area contributed by atoms with E-state index in [1.807, 2.05) is 23.1 Å². The maximum Gasteiger partial charge on any atom is 0.353 e. The van der Waals surface area contributed by atoms with E-state index >= 15 is 0 Å². The van der Waals surface area contributed by atoms with E-state index in [9.17, 15) is 10.1 Å². The third-order valence-electron chi connectivity index (χ3n) is 4.06. The fourth-order valence-corrected chi connectivity index (χ4v) is 2.85. The van der Waals surface area contributed by atoms with E-state index in [0.29, 0.717) is 11.4 Å². The second kappa shape index (κ2) is 7.20. The van der Waals surface area contributed by atoms with Crippen molar-refractivity contribution in [1.29, 1.82) is 0 Å². The second-order valence-corrected chi connectivity index (χ2v) is 5.77. The molecule has 1 aliphatic heterocycles. The van der Waals surface area contributed by atoms with Crippen molar-refractivity contribution in [3.8, 4) is 5.75 Å². The molecule has 0 amide bonds. The lowest BCUT2D eigenvalue weighted by Crippen LogP contribution is -2.31. The molecule has 1 aromatic heterocycles. The van der Waals surface area contributed by atoms with Gasteiger partial charge in [0.05, 0.1) is 12.0 Å². The van der Waals surface area contributed by atoms with Gasteiger partial charge in [-0.15, -0.1) is 0 Å². The highest BCUT2D eigenvalue weighted by molar-refractivity contribution is 5.72. The first-order chi connectivity index (χ1) is 12.1. The average Bonchev–Trinajstić information content (AvgIpc) is 2.61. The van der Waals surface area contributed by atoms with Gasteiger partial charge in [-0.25, -0.2) is 0 Å². The highest BCUT2D eigenvalue weighted by Gasteiger charge is 2.28. The van der Waals surface area contributed by atoms with Crippen molar-refractivity contribution >= 4 is 29.0 Å². The van der Waals surface area contributed by atoms with Crippen LogP contribution in [0.25, 0.3) is 0 Å². The number of aromatic nitrogens is 2. The first-order valence-corrected chi connectivity index (χ1v) is 8.06. The van der Waals surface area contributed by atoms with Crippen LogP contribution in [0.15, 0.2) is 24.3 Å². The van der Waals surface area contributed by atoms with Crippen LogP contribution < -0.4 is 20.7 Å². The third kappa shape index (κ3) is 3.70. The van der Waals surface area contributed by atoms with Crippen molar-refractivity contribution in [3.63, 3.8) is 0 Å². The lowest BCUT2D eigenvalue weighted by molar-refractivity contribution is -0.383. The molecule has 3 rings (SSSR count). The van der Waals surface area contributed by atoms with Crippen LogP contribution in [0.3, 0.4) is 0 Å². The molecule has 0 spiro atoms. The summed E-state index contributed by atoms with van der Waals surface area (Å²) >= 11 is 0. The topological polar surface area (TPSA) is 119 Å². The van der Waals surface area contributed by atoms with Crippen LogP contribution in [0, 0.1) is 10.1 Å². The molecule has 1 aliphatic rings. The number of ether oxygens (including phenoxy) is 1. The maximum atomic E-state index is 11.4. The van der Waals surface area contributed by atoms with Crippen molar-refractivity contribution in [2.75, 3.05) is 36.1 Å². The lowest BCUT2D eigenvalue weighted by atomic mass is 10.1. The highest BCUT2D eigenvalue weighted by Crippen LogP contribution is 2.34. The Morgan fingerprint density at radius 2 is 2.04 bits per heavy atom. The molecule has 0 aliphatic carbocycles. The molecule has 0 atom stereocenters. The zero-order valence-corrected chi connectivity index (χ0v) is 13.9. The monoisotopic (exact) mass is 344 g/mol. The minimum absolute atomic E-state index is 0.147. The van der Waals surface area contributed by atoms with Gasteiger partial charge in [0.25, 0.3) is 0 Å². The van der Waals surface area contributed by atoms with Gasteiger partial charge >= 0.3 is 5.69 Å². The Morgan fingerprint density at radius 3 is 2.72 bits per heavy atom. The molecule has 132 valence electrons. The number of piperidine rings is 1. The number of anilines is 4. The average molecular weight is 344 g/mol. The van der Waals surface area contributed by atoms with Crippen LogP contribution in [0.5, 0.6) is 5.75 Å². The fourth-order valence-electron chi connectivity index (χ4n) is 2.85. The van der Waals surface area contributed by atoms with E-state index in [2.05, 4.69) is 15.3 Å². The molecule has 9 nitrogen and oxygen atoms in total. The molecule has 0 radical (unpaired) electrons. The Bertz CT molecular complexity index is 776. The molecule has 3 N–H and O–H groups in total. The van der Waals surface area contributed by atoms with E-state index in [-0.39, 0.29) is 23.3 Å². The first kappa shape index (κ1) is 16.7. The number of benzene rings is 1. The Labute approximate surface area is 145 Å². The number of rotatable bonds is 5. The molecule has 2 heterocycles. The van der Waals surface area contributed by atoms with Gasteiger partial charge in [0.2, 0.25) is 17.6 Å². The summed E-state index contributed by atoms with van der Waals surface area (Å²) < 4.78 is 5.18. The molecule has 2 aromatic rings. The van der Waals surface area contributed by atoms with E-state index < -0.39 is 4.92 Å². The third-order valence-corrected chi connectivity index (χ3v) is 4.06. The summed E-state index contributed by atoms with van der Waals surface area (Å²) in [5.74, 6) is 1.02. The number of nitrogens with one attached hydrogen (secondary N) is 1. The summed E-state index contributed by atoms with van der Waals surface area (Å²) in [6, 6.07) is 7.24. The quantitative estimate of drug-likeness (QED) is 0.627. The number of nitrogens with zero attached hydrogens (tertiary/aromatic N) is 4. The van der Waals surface area contributed by atoms with Crippen LogP contribution in [0.2, 0.25) is 0 Å². The highest BCUT2D eigenvalue weighted by atomic mass is 16.6. The molecule has 1 fully saturated rings. The van der Waals surface area contributed by atoms with Crippen molar-refractivity contribution in [2.24, 2.45) is 0 Å². The van der Waals surface area contributed by atoms with Crippen molar-refractivity contribution < 1.29 is 9.66 Å². The van der Waals surface area contributed by atoms with Gasteiger partial charge in [0.1, 0.15) is 5.75 Å². The summed E-state index contributed by atoms with van der Waals surface area (Å²) in [7, 11) is 1.58. The number of hydrogen-bond donors (Lipinski definition) is 2. The van der Waals surface area contributed by atoms with Crippen LogP contribution in [0.1, 0.15) is 19.3 Å². The van der Waals surface area contributed by atoms with E-state index in [1.54, 1.807) is 13.2 Å². The minimum atomic E-state index is -0.519.